The SMILES string of the molecule is O=C1CCC(N2C(=O)c3ccccc3C2=O)C(=O)[NH2+]1. The monoisotopic (exact) mass is 259 g/mol. The van der Waals surface area contributed by atoms with Gasteiger partial charge >= 0.3 is 11.8 Å². The number of carbonyl (C=O) groups excluding carboxylic acids is 4. The first-order chi connectivity index (χ1) is 9.09. The summed E-state index contributed by atoms with van der Waals surface area (Å²) in [6, 6.07) is 5.64. The lowest BCUT2D eigenvalue weighted by molar-refractivity contribution is -0.495. The Hall–Kier alpha value is -2.34. The van der Waals surface area contributed by atoms with Crippen molar-refractivity contribution in [1.82, 2.24) is 4.90 Å². The average molecular weight is 259 g/mol. The van der Waals surface area contributed by atoms with E-state index in [9.17, 15) is 19.2 Å². The van der Waals surface area contributed by atoms with Crippen LogP contribution in [0.3, 0.4) is 0 Å². The third-order valence-corrected chi connectivity index (χ3v) is 3.43. The molecule has 1 aromatic carbocycles. The van der Waals surface area contributed by atoms with E-state index >= 15 is 0 Å². The van der Waals surface area contributed by atoms with Gasteiger partial charge in [0.1, 0.15) is 0 Å². The van der Waals surface area contributed by atoms with Crippen molar-refractivity contribution in [3.8, 4) is 0 Å². The van der Waals surface area contributed by atoms with E-state index in [2.05, 4.69) is 0 Å². The van der Waals surface area contributed by atoms with Gasteiger partial charge in [-0.1, -0.05) is 12.1 Å². The van der Waals surface area contributed by atoms with E-state index in [1.165, 1.54) is 0 Å². The molecule has 0 spiro atoms. The van der Waals surface area contributed by atoms with Crippen molar-refractivity contribution in [3.05, 3.63) is 35.4 Å². The van der Waals surface area contributed by atoms with E-state index in [0.29, 0.717) is 11.1 Å². The summed E-state index contributed by atoms with van der Waals surface area (Å²) in [6.07, 6.45) is 0.392. The third-order valence-electron chi connectivity index (χ3n) is 3.43. The number of fused-ring (bicyclic) bond motifs is 1. The molecule has 0 saturated carbocycles. The number of imide groups is 2. The Morgan fingerprint density at radius 2 is 1.58 bits per heavy atom. The fourth-order valence-corrected chi connectivity index (χ4v) is 2.50. The van der Waals surface area contributed by atoms with Crippen LogP contribution in [-0.4, -0.2) is 34.6 Å². The van der Waals surface area contributed by atoms with Gasteiger partial charge in [-0.05, 0) is 18.6 Å². The number of carbonyl (C=O) groups is 4. The predicted molar refractivity (Wildman–Crippen MR) is 61.9 cm³/mol. The van der Waals surface area contributed by atoms with Crippen LogP contribution in [0, 0.1) is 0 Å². The van der Waals surface area contributed by atoms with Crippen LogP contribution in [0.5, 0.6) is 0 Å². The second kappa shape index (κ2) is 4.10. The Labute approximate surface area is 108 Å². The number of hydrogen-bond acceptors (Lipinski definition) is 4. The molecule has 0 aromatic heterocycles. The summed E-state index contributed by atoms with van der Waals surface area (Å²) < 4.78 is 0. The molecule has 1 unspecified atom stereocenters. The Morgan fingerprint density at radius 1 is 1.00 bits per heavy atom. The highest BCUT2D eigenvalue weighted by Gasteiger charge is 2.46. The van der Waals surface area contributed by atoms with Gasteiger partial charge < -0.3 is 0 Å². The maximum absolute atomic E-state index is 12.2. The molecule has 0 bridgehead atoms. The Kier molecular flexibility index (Phi) is 2.53. The van der Waals surface area contributed by atoms with Crippen molar-refractivity contribution in [1.29, 1.82) is 0 Å². The molecule has 0 radical (unpaired) electrons. The molecular weight excluding hydrogens is 248 g/mol. The van der Waals surface area contributed by atoms with Crippen LogP contribution in [0.25, 0.3) is 0 Å². The molecule has 0 aliphatic carbocycles. The topological polar surface area (TPSA) is 88.1 Å². The summed E-state index contributed by atoms with van der Waals surface area (Å²) in [5.41, 5.74) is 0.634. The van der Waals surface area contributed by atoms with Crippen LogP contribution < -0.4 is 5.32 Å². The molecule has 6 heteroatoms. The highest BCUT2D eigenvalue weighted by molar-refractivity contribution is 6.22. The van der Waals surface area contributed by atoms with Gasteiger partial charge in [0.15, 0.2) is 6.04 Å². The standard InChI is InChI=1S/C13H10N2O4/c16-10-6-5-9(11(17)14-10)15-12(18)7-3-1-2-4-8(7)13(15)19/h1-4,9H,5-6H2,(H,14,16,17)/p+1. The number of quaternary nitrogens is 1. The second-order valence-corrected chi connectivity index (χ2v) is 4.59. The smallest absolute Gasteiger partial charge is 0.269 e. The van der Waals surface area contributed by atoms with Gasteiger partial charge in [0.2, 0.25) is 0 Å². The minimum Gasteiger partial charge on any atom is -0.269 e. The van der Waals surface area contributed by atoms with Crippen LogP contribution in [0.1, 0.15) is 33.6 Å². The van der Waals surface area contributed by atoms with E-state index in [-0.39, 0.29) is 18.7 Å². The maximum Gasteiger partial charge on any atom is 0.340 e. The molecule has 96 valence electrons. The molecule has 1 atom stereocenters. The lowest BCUT2D eigenvalue weighted by atomic mass is 10.0. The lowest BCUT2D eigenvalue weighted by Gasteiger charge is -2.24. The molecule has 3 rings (SSSR count). The van der Waals surface area contributed by atoms with Crippen molar-refractivity contribution in [2.24, 2.45) is 0 Å². The van der Waals surface area contributed by atoms with Gasteiger partial charge in [-0.25, -0.2) is 14.9 Å². The van der Waals surface area contributed by atoms with Crippen LogP contribution >= 0.6 is 0 Å². The molecule has 2 N–H and O–H groups in total. The lowest BCUT2D eigenvalue weighted by Crippen LogP contribution is -2.96. The van der Waals surface area contributed by atoms with E-state index in [1.54, 1.807) is 24.3 Å². The van der Waals surface area contributed by atoms with Gasteiger partial charge in [0.25, 0.3) is 11.8 Å². The molecular formula is C13H11N2O4+. The molecule has 4 amide bonds. The summed E-state index contributed by atoms with van der Waals surface area (Å²) in [5.74, 6) is -1.63. The Balaban J connectivity index is 1.96. The average Bonchev–Trinajstić information content (AvgIpc) is 2.64. The zero-order valence-corrected chi connectivity index (χ0v) is 9.96. The van der Waals surface area contributed by atoms with E-state index in [0.717, 1.165) is 10.2 Å². The van der Waals surface area contributed by atoms with Gasteiger partial charge in [-0.3, -0.25) is 14.5 Å². The van der Waals surface area contributed by atoms with Crippen LogP contribution in [0.4, 0.5) is 0 Å². The highest BCUT2D eigenvalue weighted by Crippen LogP contribution is 2.26. The molecule has 2 aliphatic heterocycles. The van der Waals surface area contributed by atoms with Crippen molar-refractivity contribution in [2.75, 3.05) is 0 Å². The number of piperidine rings is 1. The first-order valence-electron chi connectivity index (χ1n) is 5.98. The summed E-state index contributed by atoms with van der Waals surface area (Å²) in [4.78, 5) is 48.3. The largest absolute Gasteiger partial charge is 0.340 e. The fourth-order valence-electron chi connectivity index (χ4n) is 2.50. The van der Waals surface area contributed by atoms with Gasteiger partial charge in [0.05, 0.1) is 17.5 Å². The molecule has 2 heterocycles. The van der Waals surface area contributed by atoms with Gasteiger partial charge in [0, 0.05) is 0 Å². The van der Waals surface area contributed by atoms with Crippen LogP contribution in [-0.2, 0) is 9.59 Å². The molecule has 19 heavy (non-hydrogen) atoms. The molecule has 2 aliphatic rings. The molecule has 1 aromatic rings. The van der Waals surface area contributed by atoms with E-state index < -0.39 is 23.8 Å². The minimum absolute atomic E-state index is 0.184. The number of hydrogen-bond donors (Lipinski definition) is 1. The zero-order chi connectivity index (χ0) is 13.6. The number of nitrogens with zero attached hydrogens (tertiary/aromatic N) is 1. The summed E-state index contributed by atoms with van der Waals surface area (Å²) >= 11 is 0. The number of amides is 4. The molecule has 6 nitrogen and oxygen atoms in total. The van der Waals surface area contributed by atoms with Crippen molar-refractivity contribution >= 4 is 23.6 Å². The predicted octanol–water partition coefficient (Wildman–Crippen LogP) is -0.938. The third kappa shape index (κ3) is 1.68. The van der Waals surface area contributed by atoms with Crippen molar-refractivity contribution in [3.63, 3.8) is 0 Å². The quantitative estimate of drug-likeness (QED) is 0.659. The molecule has 1 saturated heterocycles. The first kappa shape index (κ1) is 11.7. The van der Waals surface area contributed by atoms with Crippen LogP contribution in [0.2, 0.25) is 0 Å². The highest BCUT2D eigenvalue weighted by atomic mass is 16.2. The fraction of sp³-hybridized carbons (Fsp3) is 0.231. The zero-order valence-electron chi connectivity index (χ0n) is 9.96. The van der Waals surface area contributed by atoms with Gasteiger partial charge in [-0.15, -0.1) is 0 Å². The van der Waals surface area contributed by atoms with E-state index in [4.69, 9.17) is 0 Å². The second-order valence-electron chi connectivity index (χ2n) is 4.59. The minimum atomic E-state index is -0.842. The number of primary amides is 2. The molecule has 1 fully saturated rings. The summed E-state index contributed by atoms with van der Waals surface area (Å²) in [6.45, 7) is 0. The van der Waals surface area contributed by atoms with E-state index in [1.807, 2.05) is 0 Å². The number of rotatable bonds is 1. The number of benzene rings is 1. The first-order valence-corrected chi connectivity index (χ1v) is 5.98. The Bertz CT molecular complexity index is 588. The maximum atomic E-state index is 12.2. The summed E-state index contributed by atoms with van der Waals surface area (Å²) in [7, 11) is 0. The van der Waals surface area contributed by atoms with Gasteiger partial charge in [-0.2, -0.15) is 0 Å². The number of nitrogens with two attached hydrogens (primary N) is 1. The van der Waals surface area contributed by atoms with Crippen molar-refractivity contribution in [2.45, 2.75) is 18.9 Å². The Morgan fingerprint density at radius 3 is 2.11 bits per heavy atom. The van der Waals surface area contributed by atoms with Crippen molar-refractivity contribution < 1.29 is 24.5 Å². The summed E-state index contributed by atoms with van der Waals surface area (Å²) in [5, 5.41) is 0.984. The van der Waals surface area contributed by atoms with Crippen LogP contribution in [0.15, 0.2) is 24.3 Å². The normalized spacial score (nSPS) is 22.9.